The summed E-state index contributed by atoms with van der Waals surface area (Å²) in [6.07, 6.45) is -0.332. The van der Waals surface area contributed by atoms with Crippen molar-refractivity contribution in [3.05, 3.63) is 0 Å². The molecule has 1 atom stereocenters. The summed E-state index contributed by atoms with van der Waals surface area (Å²) < 4.78 is 22.8. The first-order valence-corrected chi connectivity index (χ1v) is 6.19. The maximum absolute atomic E-state index is 11.4. The van der Waals surface area contributed by atoms with Gasteiger partial charge in [0.15, 0.2) is 15.1 Å². The van der Waals surface area contributed by atoms with Gasteiger partial charge in [-0.2, -0.15) is 0 Å². The van der Waals surface area contributed by atoms with E-state index in [0.717, 1.165) is 0 Å². The highest BCUT2D eigenvalue weighted by Gasteiger charge is 2.30. The number of sulfone groups is 1. The Morgan fingerprint density at radius 2 is 1.80 bits per heavy atom. The van der Waals surface area contributed by atoms with E-state index in [0.29, 0.717) is 0 Å². The molecule has 0 bridgehead atoms. The number of aliphatic carboxylic acids is 2. The Morgan fingerprint density at radius 3 is 2.13 bits per heavy atom. The zero-order chi connectivity index (χ0) is 12.1. The molecule has 0 fully saturated rings. The molecule has 15 heavy (non-hydrogen) atoms. The molecule has 2 N–H and O–H groups in total. The van der Waals surface area contributed by atoms with E-state index in [9.17, 15) is 18.0 Å². The molecular formula is C8H14O6S. The van der Waals surface area contributed by atoms with Crippen LogP contribution in [-0.2, 0) is 19.4 Å². The van der Waals surface area contributed by atoms with Gasteiger partial charge >= 0.3 is 11.9 Å². The van der Waals surface area contributed by atoms with E-state index < -0.39 is 32.8 Å². The fourth-order valence-electron chi connectivity index (χ4n) is 1.15. The van der Waals surface area contributed by atoms with Gasteiger partial charge in [0.1, 0.15) is 0 Å². The van der Waals surface area contributed by atoms with Crippen LogP contribution in [0.4, 0.5) is 0 Å². The van der Waals surface area contributed by atoms with Crippen LogP contribution in [0.3, 0.4) is 0 Å². The SMILES string of the molecule is CCC(C(=O)O)S(=O)(=O)CCCC(=O)O. The normalized spacial score (nSPS) is 13.4. The third kappa shape index (κ3) is 4.78. The Bertz CT molecular complexity index is 331. The van der Waals surface area contributed by atoms with Gasteiger partial charge in [-0.05, 0) is 12.8 Å². The van der Waals surface area contributed by atoms with Crippen LogP contribution in [0.5, 0.6) is 0 Å². The van der Waals surface area contributed by atoms with Crippen LogP contribution >= 0.6 is 0 Å². The molecule has 0 heterocycles. The lowest BCUT2D eigenvalue weighted by atomic mass is 10.3. The van der Waals surface area contributed by atoms with Crippen molar-refractivity contribution in [2.24, 2.45) is 0 Å². The second-order valence-electron chi connectivity index (χ2n) is 3.10. The predicted molar refractivity (Wildman–Crippen MR) is 52.4 cm³/mol. The zero-order valence-corrected chi connectivity index (χ0v) is 9.16. The van der Waals surface area contributed by atoms with E-state index >= 15 is 0 Å². The molecule has 0 aliphatic rings. The van der Waals surface area contributed by atoms with E-state index in [-0.39, 0.29) is 19.3 Å². The van der Waals surface area contributed by atoms with Crippen LogP contribution in [0.15, 0.2) is 0 Å². The third-order valence-electron chi connectivity index (χ3n) is 1.90. The monoisotopic (exact) mass is 238 g/mol. The van der Waals surface area contributed by atoms with Gasteiger partial charge in [-0.3, -0.25) is 9.59 Å². The highest BCUT2D eigenvalue weighted by molar-refractivity contribution is 7.92. The van der Waals surface area contributed by atoms with Gasteiger partial charge in [-0.25, -0.2) is 8.42 Å². The molecule has 1 unspecified atom stereocenters. The van der Waals surface area contributed by atoms with E-state index in [4.69, 9.17) is 10.2 Å². The molecule has 0 rings (SSSR count). The molecule has 0 aromatic rings. The van der Waals surface area contributed by atoms with Gasteiger partial charge in [-0.1, -0.05) is 6.92 Å². The Hall–Kier alpha value is -1.11. The topological polar surface area (TPSA) is 109 Å². The van der Waals surface area contributed by atoms with Gasteiger partial charge in [0.2, 0.25) is 0 Å². The molecule has 0 aromatic carbocycles. The summed E-state index contributed by atoms with van der Waals surface area (Å²) in [7, 11) is -3.73. The predicted octanol–water partition coefficient (Wildman–Crippen LogP) is 0.129. The molecule has 0 aromatic heterocycles. The summed E-state index contributed by atoms with van der Waals surface area (Å²) >= 11 is 0. The Kier molecular flexibility index (Phi) is 5.27. The minimum Gasteiger partial charge on any atom is -0.481 e. The molecule has 0 saturated carbocycles. The van der Waals surface area contributed by atoms with Crippen LogP contribution in [0, 0.1) is 0 Å². The van der Waals surface area contributed by atoms with Gasteiger partial charge in [0, 0.05) is 6.42 Å². The number of carbonyl (C=O) groups is 2. The highest BCUT2D eigenvalue weighted by atomic mass is 32.2. The molecule has 6 nitrogen and oxygen atoms in total. The minimum atomic E-state index is -3.73. The molecule has 7 heteroatoms. The fraction of sp³-hybridized carbons (Fsp3) is 0.750. The smallest absolute Gasteiger partial charge is 0.321 e. The van der Waals surface area contributed by atoms with Gasteiger partial charge in [0.25, 0.3) is 0 Å². The fourth-order valence-corrected chi connectivity index (χ4v) is 2.80. The lowest BCUT2D eigenvalue weighted by Crippen LogP contribution is -2.31. The standard InChI is InChI=1S/C8H14O6S/c1-2-6(8(11)12)15(13,14)5-3-4-7(9)10/h6H,2-5H2,1H3,(H,9,10)(H,11,12). The zero-order valence-electron chi connectivity index (χ0n) is 8.34. The molecule has 0 amide bonds. The Morgan fingerprint density at radius 1 is 1.27 bits per heavy atom. The van der Waals surface area contributed by atoms with Crippen molar-refractivity contribution >= 4 is 21.8 Å². The van der Waals surface area contributed by atoms with Crippen LogP contribution in [0.2, 0.25) is 0 Å². The first-order valence-electron chi connectivity index (χ1n) is 4.47. The number of hydrogen-bond acceptors (Lipinski definition) is 4. The number of hydrogen-bond donors (Lipinski definition) is 2. The third-order valence-corrected chi connectivity index (χ3v) is 4.16. The molecule has 0 radical (unpaired) electrons. The molecule has 0 aliphatic heterocycles. The summed E-state index contributed by atoms with van der Waals surface area (Å²) in [4.78, 5) is 20.7. The van der Waals surface area contributed by atoms with Gasteiger partial charge in [-0.15, -0.1) is 0 Å². The van der Waals surface area contributed by atoms with E-state index in [2.05, 4.69) is 0 Å². The van der Waals surface area contributed by atoms with Gasteiger partial charge in [0.05, 0.1) is 5.75 Å². The van der Waals surface area contributed by atoms with Gasteiger partial charge < -0.3 is 10.2 Å². The van der Waals surface area contributed by atoms with E-state index in [1.807, 2.05) is 0 Å². The van der Waals surface area contributed by atoms with Crippen LogP contribution < -0.4 is 0 Å². The number of rotatable bonds is 7. The average Bonchev–Trinajstić information content (AvgIpc) is 2.01. The lowest BCUT2D eigenvalue weighted by molar-refractivity contribution is -0.137. The molecule has 88 valence electrons. The van der Waals surface area contributed by atoms with Crippen molar-refractivity contribution in [3.8, 4) is 0 Å². The number of carboxylic acids is 2. The summed E-state index contributed by atoms with van der Waals surface area (Å²) in [5, 5.41) is 15.5. The van der Waals surface area contributed by atoms with E-state index in [1.54, 1.807) is 0 Å². The summed E-state index contributed by atoms with van der Waals surface area (Å²) in [6, 6.07) is 0. The average molecular weight is 238 g/mol. The van der Waals surface area contributed by atoms with Crippen LogP contribution in [-0.4, -0.2) is 41.6 Å². The van der Waals surface area contributed by atoms with Crippen LogP contribution in [0.25, 0.3) is 0 Å². The maximum Gasteiger partial charge on any atom is 0.321 e. The van der Waals surface area contributed by atoms with Crippen molar-refractivity contribution in [2.75, 3.05) is 5.75 Å². The minimum absolute atomic E-state index is 0.00919. The Balaban J connectivity index is 4.40. The first-order chi connectivity index (χ1) is 6.81. The van der Waals surface area contributed by atoms with Crippen molar-refractivity contribution < 1.29 is 28.2 Å². The van der Waals surface area contributed by atoms with Crippen molar-refractivity contribution in [2.45, 2.75) is 31.4 Å². The maximum atomic E-state index is 11.4. The number of carboxylic acid groups (broad SMARTS) is 2. The second kappa shape index (κ2) is 5.69. The molecular weight excluding hydrogens is 224 g/mol. The molecule has 0 aliphatic carbocycles. The van der Waals surface area contributed by atoms with Crippen LogP contribution in [0.1, 0.15) is 26.2 Å². The van der Waals surface area contributed by atoms with Crippen molar-refractivity contribution in [1.29, 1.82) is 0 Å². The second-order valence-corrected chi connectivity index (χ2v) is 5.40. The first kappa shape index (κ1) is 13.9. The van der Waals surface area contributed by atoms with E-state index in [1.165, 1.54) is 6.92 Å². The highest BCUT2D eigenvalue weighted by Crippen LogP contribution is 2.09. The van der Waals surface area contributed by atoms with Crippen molar-refractivity contribution in [3.63, 3.8) is 0 Å². The molecule has 0 spiro atoms. The largest absolute Gasteiger partial charge is 0.481 e. The van der Waals surface area contributed by atoms with Crippen molar-refractivity contribution in [1.82, 2.24) is 0 Å². The lowest BCUT2D eigenvalue weighted by Gasteiger charge is -2.10. The summed E-state index contributed by atoms with van der Waals surface area (Å²) in [6.45, 7) is 1.47. The summed E-state index contributed by atoms with van der Waals surface area (Å²) in [5.41, 5.74) is 0. The quantitative estimate of drug-likeness (QED) is 0.652. The molecule has 0 saturated heterocycles. The summed E-state index contributed by atoms with van der Waals surface area (Å²) in [5.74, 6) is -2.87. The Labute approximate surface area is 87.8 Å².